The molecule has 0 radical (unpaired) electrons. The summed E-state index contributed by atoms with van der Waals surface area (Å²) in [6, 6.07) is 8.20. The Labute approximate surface area is 112 Å². The molecular formula is C16H19NO2. The number of hydrogen-bond acceptors (Lipinski definition) is 1. The molecule has 19 heavy (non-hydrogen) atoms. The molecule has 1 aliphatic rings. The van der Waals surface area contributed by atoms with E-state index >= 15 is 0 Å². The molecule has 1 unspecified atom stereocenters. The first kappa shape index (κ1) is 12.3. The fourth-order valence-corrected chi connectivity index (χ4v) is 3.31. The van der Waals surface area contributed by atoms with E-state index in [4.69, 9.17) is 0 Å². The standard InChI is InChI=1S/C16H19NO2/c1-10-16(12-7-2-3-8-14(12)17-10)13(9-15(18)19)11-5-4-6-11/h2-3,7-8,11,13,17H,4-6,9H2,1H3,(H,18,19). The zero-order chi connectivity index (χ0) is 13.4. The van der Waals surface area contributed by atoms with Gasteiger partial charge >= 0.3 is 5.97 Å². The van der Waals surface area contributed by atoms with E-state index in [2.05, 4.69) is 24.0 Å². The summed E-state index contributed by atoms with van der Waals surface area (Å²) >= 11 is 0. The zero-order valence-electron chi connectivity index (χ0n) is 11.1. The Morgan fingerprint density at radius 3 is 2.79 bits per heavy atom. The molecule has 1 aromatic heterocycles. The van der Waals surface area contributed by atoms with E-state index in [9.17, 15) is 9.90 Å². The number of hydrogen-bond donors (Lipinski definition) is 2. The van der Waals surface area contributed by atoms with Crippen molar-refractivity contribution in [3.63, 3.8) is 0 Å². The Morgan fingerprint density at radius 1 is 1.42 bits per heavy atom. The quantitative estimate of drug-likeness (QED) is 0.874. The van der Waals surface area contributed by atoms with Crippen LogP contribution in [0.2, 0.25) is 0 Å². The predicted octanol–water partition coefficient (Wildman–Crippen LogP) is 3.83. The number of fused-ring (bicyclic) bond motifs is 1. The third-order valence-electron chi connectivity index (χ3n) is 4.43. The number of carbonyl (C=O) groups is 1. The van der Waals surface area contributed by atoms with Crippen LogP contribution in [-0.4, -0.2) is 16.1 Å². The number of para-hydroxylation sites is 1. The van der Waals surface area contributed by atoms with Crippen molar-refractivity contribution in [2.24, 2.45) is 5.92 Å². The van der Waals surface area contributed by atoms with Crippen LogP contribution in [0.25, 0.3) is 10.9 Å². The molecular weight excluding hydrogens is 238 g/mol. The lowest BCUT2D eigenvalue weighted by atomic mass is 9.71. The van der Waals surface area contributed by atoms with Crippen molar-refractivity contribution in [1.29, 1.82) is 0 Å². The molecule has 100 valence electrons. The van der Waals surface area contributed by atoms with Crippen LogP contribution >= 0.6 is 0 Å². The number of aromatic nitrogens is 1. The third kappa shape index (κ3) is 2.14. The van der Waals surface area contributed by atoms with Crippen molar-refractivity contribution < 1.29 is 9.90 Å². The molecule has 0 spiro atoms. The summed E-state index contributed by atoms with van der Waals surface area (Å²) in [6.07, 6.45) is 3.81. The van der Waals surface area contributed by atoms with Crippen LogP contribution < -0.4 is 0 Å². The normalized spacial score (nSPS) is 17.3. The number of aryl methyl sites for hydroxylation is 1. The van der Waals surface area contributed by atoms with E-state index in [1.165, 1.54) is 17.4 Å². The van der Waals surface area contributed by atoms with Gasteiger partial charge in [-0.1, -0.05) is 24.6 Å². The highest BCUT2D eigenvalue weighted by Gasteiger charge is 2.32. The van der Waals surface area contributed by atoms with Crippen LogP contribution in [0.5, 0.6) is 0 Å². The predicted molar refractivity (Wildman–Crippen MR) is 75.4 cm³/mol. The molecule has 2 aromatic rings. The monoisotopic (exact) mass is 257 g/mol. The summed E-state index contributed by atoms with van der Waals surface area (Å²) in [6.45, 7) is 2.06. The Bertz CT molecular complexity index is 610. The molecule has 3 nitrogen and oxygen atoms in total. The number of carboxylic acid groups (broad SMARTS) is 1. The summed E-state index contributed by atoms with van der Waals surface area (Å²) in [4.78, 5) is 14.6. The number of H-pyrrole nitrogens is 1. The molecule has 1 fully saturated rings. The van der Waals surface area contributed by atoms with Gasteiger partial charge in [0.15, 0.2) is 0 Å². The van der Waals surface area contributed by atoms with Crippen LogP contribution in [0.1, 0.15) is 42.9 Å². The average Bonchev–Trinajstić information content (AvgIpc) is 2.61. The fourth-order valence-electron chi connectivity index (χ4n) is 3.31. The lowest BCUT2D eigenvalue weighted by Gasteiger charge is -2.33. The number of nitrogens with one attached hydrogen (secondary N) is 1. The van der Waals surface area contributed by atoms with E-state index < -0.39 is 5.97 Å². The van der Waals surface area contributed by atoms with Gasteiger partial charge in [0.25, 0.3) is 0 Å². The molecule has 0 saturated heterocycles. The Kier molecular flexibility index (Phi) is 3.05. The second-order valence-electron chi connectivity index (χ2n) is 5.60. The van der Waals surface area contributed by atoms with Gasteiger partial charge in [-0.05, 0) is 43.2 Å². The van der Waals surface area contributed by atoms with Crippen molar-refractivity contribution in [1.82, 2.24) is 4.98 Å². The van der Waals surface area contributed by atoms with Gasteiger partial charge in [0, 0.05) is 16.6 Å². The first-order valence-electron chi connectivity index (χ1n) is 6.96. The molecule has 0 aliphatic heterocycles. The van der Waals surface area contributed by atoms with E-state index in [1.807, 2.05) is 12.1 Å². The topological polar surface area (TPSA) is 53.1 Å². The molecule has 1 atom stereocenters. The smallest absolute Gasteiger partial charge is 0.303 e. The minimum atomic E-state index is -0.693. The maximum absolute atomic E-state index is 11.2. The van der Waals surface area contributed by atoms with Gasteiger partial charge < -0.3 is 10.1 Å². The van der Waals surface area contributed by atoms with E-state index in [1.54, 1.807) is 0 Å². The number of aliphatic carboxylic acids is 1. The number of rotatable bonds is 4. The van der Waals surface area contributed by atoms with Crippen LogP contribution in [0, 0.1) is 12.8 Å². The molecule has 3 rings (SSSR count). The average molecular weight is 257 g/mol. The van der Waals surface area contributed by atoms with Crippen molar-refractivity contribution in [3.8, 4) is 0 Å². The van der Waals surface area contributed by atoms with E-state index in [0.717, 1.165) is 24.1 Å². The molecule has 3 heteroatoms. The lowest BCUT2D eigenvalue weighted by Crippen LogP contribution is -2.23. The van der Waals surface area contributed by atoms with Gasteiger partial charge in [0.05, 0.1) is 6.42 Å². The van der Waals surface area contributed by atoms with Crippen molar-refractivity contribution in [2.45, 2.75) is 38.5 Å². The summed E-state index contributed by atoms with van der Waals surface area (Å²) < 4.78 is 0. The Balaban J connectivity index is 2.08. The van der Waals surface area contributed by atoms with Gasteiger partial charge in [0.2, 0.25) is 0 Å². The maximum Gasteiger partial charge on any atom is 0.303 e. The number of carboxylic acids is 1. The maximum atomic E-state index is 11.2. The van der Waals surface area contributed by atoms with Crippen molar-refractivity contribution >= 4 is 16.9 Å². The van der Waals surface area contributed by atoms with Crippen LogP contribution in [0.4, 0.5) is 0 Å². The van der Waals surface area contributed by atoms with E-state index in [-0.39, 0.29) is 12.3 Å². The largest absolute Gasteiger partial charge is 0.481 e. The van der Waals surface area contributed by atoms with Gasteiger partial charge in [-0.3, -0.25) is 4.79 Å². The van der Waals surface area contributed by atoms with E-state index in [0.29, 0.717) is 5.92 Å². The van der Waals surface area contributed by atoms with Gasteiger partial charge in [-0.15, -0.1) is 0 Å². The van der Waals surface area contributed by atoms with Gasteiger partial charge in [0.1, 0.15) is 0 Å². The third-order valence-corrected chi connectivity index (χ3v) is 4.43. The van der Waals surface area contributed by atoms with Crippen molar-refractivity contribution in [3.05, 3.63) is 35.5 Å². The summed E-state index contributed by atoms with van der Waals surface area (Å²) in [5.74, 6) is -0.00186. The van der Waals surface area contributed by atoms with Crippen LogP contribution in [0.15, 0.2) is 24.3 Å². The molecule has 0 bridgehead atoms. The molecule has 1 saturated carbocycles. The summed E-state index contributed by atoms with van der Waals surface area (Å²) in [5, 5.41) is 10.4. The molecule has 1 aliphatic carbocycles. The molecule has 0 amide bonds. The lowest BCUT2D eigenvalue weighted by molar-refractivity contribution is -0.138. The highest BCUT2D eigenvalue weighted by atomic mass is 16.4. The minimum absolute atomic E-state index is 0.155. The Hall–Kier alpha value is -1.77. The zero-order valence-corrected chi connectivity index (χ0v) is 11.1. The number of benzene rings is 1. The molecule has 1 heterocycles. The Morgan fingerprint density at radius 2 is 2.16 bits per heavy atom. The summed E-state index contributed by atoms with van der Waals surface area (Å²) in [5.41, 5.74) is 3.46. The van der Waals surface area contributed by atoms with Gasteiger partial charge in [-0.2, -0.15) is 0 Å². The van der Waals surface area contributed by atoms with Crippen LogP contribution in [-0.2, 0) is 4.79 Å². The fraction of sp³-hybridized carbons (Fsp3) is 0.438. The highest BCUT2D eigenvalue weighted by Crippen LogP contribution is 2.44. The second kappa shape index (κ2) is 4.72. The molecule has 1 aromatic carbocycles. The first-order valence-corrected chi connectivity index (χ1v) is 6.96. The van der Waals surface area contributed by atoms with Crippen molar-refractivity contribution in [2.75, 3.05) is 0 Å². The number of aromatic amines is 1. The van der Waals surface area contributed by atoms with Crippen LogP contribution in [0.3, 0.4) is 0 Å². The highest BCUT2D eigenvalue weighted by molar-refractivity contribution is 5.86. The van der Waals surface area contributed by atoms with Gasteiger partial charge in [-0.25, -0.2) is 0 Å². The molecule has 2 N–H and O–H groups in total. The first-order chi connectivity index (χ1) is 9.16. The summed E-state index contributed by atoms with van der Waals surface area (Å²) in [7, 11) is 0. The SMILES string of the molecule is Cc1[nH]c2ccccc2c1C(CC(=O)O)C1CCC1. The minimum Gasteiger partial charge on any atom is -0.481 e. The second-order valence-corrected chi connectivity index (χ2v) is 5.60.